The average Bonchev–Trinajstić information content (AvgIpc) is 2.46. The monoisotopic (exact) mass is 262 g/mol. The van der Waals surface area contributed by atoms with Crippen molar-refractivity contribution in [1.29, 1.82) is 0 Å². The highest BCUT2D eigenvalue weighted by molar-refractivity contribution is 5.30. The van der Waals surface area contributed by atoms with E-state index in [1.165, 1.54) is 13.2 Å². The minimum atomic E-state index is -0.394. The number of nitrogens with zero attached hydrogens (tertiary/aromatic N) is 2. The second-order valence-electron chi connectivity index (χ2n) is 4.02. The third kappa shape index (κ3) is 3.24. The zero-order valence-electron chi connectivity index (χ0n) is 10.5. The Hall–Kier alpha value is -2.05. The number of hydrogen-bond donors (Lipinski definition) is 2. The van der Waals surface area contributed by atoms with Crippen LogP contribution in [0.1, 0.15) is 17.3 Å². The molecule has 0 spiro atoms. The second-order valence-corrected chi connectivity index (χ2v) is 4.02. The third-order valence-corrected chi connectivity index (χ3v) is 2.80. The van der Waals surface area contributed by atoms with Gasteiger partial charge in [-0.25, -0.2) is 4.39 Å². The molecule has 0 bridgehead atoms. The molecular weight excluding hydrogens is 247 g/mol. The van der Waals surface area contributed by atoms with Crippen LogP contribution < -0.4 is 16.0 Å². The summed E-state index contributed by atoms with van der Waals surface area (Å²) in [6, 6.07) is 4.60. The Morgan fingerprint density at radius 2 is 2.26 bits per heavy atom. The molecule has 5 nitrogen and oxygen atoms in total. The van der Waals surface area contributed by atoms with Crippen LogP contribution in [0.3, 0.4) is 0 Å². The molecule has 6 heteroatoms. The van der Waals surface area contributed by atoms with Gasteiger partial charge in [0.15, 0.2) is 11.6 Å². The summed E-state index contributed by atoms with van der Waals surface area (Å²) in [6.07, 6.45) is 5.32. The van der Waals surface area contributed by atoms with Gasteiger partial charge in [-0.15, -0.1) is 0 Å². The topological polar surface area (TPSA) is 73.1 Å². The van der Waals surface area contributed by atoms with E-state index in [9.17, 15) is 4.39 Å². The first-order valence-electron chi connectivity index (χ1n) is 5.79. The van der Waals surface area contributed by atoms with Crippen molar-refractivity contribution in [2.75, 3.05) is 7.11 Å². The summed E-state index contributed by atoms with van der Waals surface area (Å²) in [5.74, 6) is 5.34. The Balaban J connectivity index is 2.17. The van der Waals surface area contributed by atoms with Gasteiger partial charge in [0.2, 0.25) is 0 Å². The molecule has 0 saturated heterocycles. The lowest BCUT2D eigenvalue weighted by atomic mass is 10.0. The summed E-state index contributed by atoms with van der Waals surface area (Å²) in [6.45, 7) is 0. The minimum absolute atomic E-state index is 0.221. The zero-order valence-corrected chi connectivity index (χ0v) is 10.5. The van der Waals surface area contributed by atoms with Gasteiger partial charge in [-0.1, -0.05) is 6.07 Å². The van der Waals surface area contributed by atoms with Crippen molar-refractivity contribution in [2.45, 2.75) is 12.5 Å². The number of ether oxygens (including phenoxy) is 1. The molecule has 19 heavy (non-hydrogen) atoms. The summed E-state index contributed by atoms with van der Waals surface area (Å²) in [5.41, 5.74) is 4.17. The normalized spacial score (nSPS) is 12.2. The van der Waals surface area contributed by atoms with Crippen molar-refractivity contribution in [1.82, 2.24) is 15.4 Å². The number of hydrogen-bond acceptors (Lipinski definition) is 5. The first kappa shape index (κ1) is 13.4. The molecule has 0 radical (unpaired) electrons. The van der Waals surface area contributed by atoms with Crippen molar-refractivity contribution in [3.05, 3.63) is 53.9 Å². The van der Waals surface area contributed by atoms with Crippen molar-refractivity contribution in [3.63, 3.8) is 0 Å². The highest BCUT2D eigenvalue weighted by Gasteiger charge is 2.13. The summed E-state index contributed by atoms with van der Waals surface area (Å²) >= 11 is 0. The van der Waals surface area contributed by atoms with Crippen molar-refractivity contribution in [3.8, 4) is 5.75 Å². The molecule has 0 saturated carbocycles. The summed E-state index contributed by atoms with van der Waals surface area (Å²) < 4.78 is 18.5. The van der Waals surface area contributed by atoms with Gasteiger partial charge < -0.3 is 4.74 Å². The number of benzene rings is 1. The molecule has 100 valence electrons. The summed E-state index contributed by atoms with van der Waals surface area (Å²) in [5, 5.41) is 0. The highest BCUT2D eigenvalue weighted by Crippen LogP contribution is 2.21. The molecule has 1 unspecified atom stereocenters. The standard InChI is InChI=1S/C13H15FN4O/c1-19-13-3-2-9(6-10(13)14)7-11(18-15)12-8-16-4-5-17-12/h2-6,8,11,18H,7,15H2,1H3. The van der Waals surface area contributed by atoms with Crippen LogP contribution in [0.2, 0.25) is 0 Å². The number of halogens is 1. The number of nitrogens with two attached hydrogens (primary N) is 1. The summed E-state index contributed by atoms with van der Waals surface area (Å²) in [7, 11) is 1.43. The molecule has 1 aromatic heterocycles. The van der Waals surface area contributed by atoms with Gasteiger partial charge in [-0.2, -0.15) is 0 Å². The smallest absolute Gasteiger partial charge is 0.165 e. The van der Waals surface area contributed by atoms with E-state index in [4.69, 9.17) is 10.6 Å². The molecule has 2 rings (SSSR count). The molecule has 3 N–H and O–H groups in total. The van der Waals surface area contributed by atoms with Crippen molar-refractivity contribution >= 4 is 0 Å². The van der Waals surface area contributed by atoms with Gasteiger partial charge in [0.25, 0.3) is 0 Å². The van der Waals surface area contributed by atoms with Gasteiger partial charge in [-0.05, 0) is 24.1 Å². The van der Waals surface area contributed by atoms with Gasteiger partial charge in [0.05, 0.1) is 25.0 Å². The molecule has 1 aromatic carbocycles. The maximum absolute atomic E-state index is 13.6. The number of nitrogens with one attached hydrogen (secondary N) is 1. The lowest BCUT2D eigenvalue weighted by Crippen LogP contribution is -2.30. The van der Waals surface area contributed by atoms with Gasteiger partial charge >= 0.3 is 0 Å². The predicted octanol–water partition coefficient (Wildman–Crippen LogP) is 1.37. The van der Waals surface area contributed by atoms with Crippen LogP contribution in [-0.4, -0.2) is 17.1 Å². The maximum Gasteiger partial charge on any atom is 0.165 e. The van der Waals surface area contributed by atoms with Crippen LogP contribution in [0.15, 0.2) is 36.8 Å². The summed E-state index contributed by atoms with van der Waals surface area (Å²) in [4.78, 5) is 8.17. The van der Waals surface area contributed by atoms with Gasteiger partial charge in [0, 0.05) is 12.4 Å². The molecule has 0 fully saturated rings. The Kier molecular flexibility index (Phi) is 4.38. The first-order chi connectivity index (χ1) is 9.24. The van der Waals surface area contributed by atoms with E-state index >= 15 is 0 Å². The number of rotatable bonds is 5. The second kappa shape index (κ2) is 6.21. The Bertz CT molecular complexity index is 535. The van der Waals surface area contributed by atoms with Crippen LogP contribution in [0, 0.1) is 5.82 Å². The molecular formula is C13H15FN4O. The average molecular weight is 262 g/mol. The largest absolute Gasteiger partial charge is 0.494 e. The quantitative estimate of drug-likeness (QED) is 0.629. The zero-order chi connectivity index (χ0) is 13.7. The van der Waals surface area contributed by atoms with E-state index in [1.54, 1.807) is 30.7 Å². The molecule has 0 aliphatic heterocycles. The van der Waals surface area contributed by atoms with Crippen LogP contribution in [0.4, 0.5) is 4.39 Å². The van der Waals surface area contributed by atoms with Gasteiger partial charge in [0.1, 0.15) is 0 Å². The first-order valence-corrected chi connectivity index (χ1v) is 5.79. The minimum Gasteiger partial charge on any atom is -0.494 e. The van der Waals surface area contributed by atoms with Crippen LogP contribution in [0.5, 0.6) is 5.75 Å². The predicted molar refractivity (Wildman–Crippen MR) is 68.8 cm³/mol. The Labute approximate surface area is 110 Å². The molecule has 0 aliphatic carbocycles. The Morgan fingerprint density at radius 1 is 1.42 bits per heavy atom. The molecule has 2 aromatic rings. The Morgan fingerprint density at radius 3 is 2.84 bits per heavy atom. The van der Waals surface area contributed by atoms with Crippen LogP contribution in [-0.2, 0) is 6.42 Å². The lowest BCUT2D eigenvalue weighted by molar-refractivity contribution is 0.386. The van der Waals surface area contributed by atoms with E-state index < -0.39 is 5.82 Å². The fourth-order valence-corrected chi connectivity index (χ4v) is 1.81. The highest BCUT2D eigenvalue weighted by atomic mass is 19.1. The van der Waals surface area contributed by atoms with E-state index in [-0.39, 0.29) is 11.8 Å². The SMILES string of the molecule is COc1ccc(CC(NN)c2cnccn2)cc1F. The van der Waals surface area contributed by atoms with Crippen molar-refractivity contribution in [2.24, 2.45) is 5.84 Å². The fourth-order valence-electron chi connectivity index (χ4n) is 1.81. The molecule has 0 amide bonds. The molecule has 1 heterocycles. The fraction of sp³-hybridized carbons (Fsp3) is 0.231. The van der Waals surface area contributed by atoms with E-state index in [0.29, 0.717) is 12.1 Å². The van der Waals surface area contributed by atoms with Crippen molar-refractivity contribution < 1.29 is 9.13 Å². The van der Waals surface area contributed by atoms with E-state index in [1.807, 2.05) is 0 Å². The number of methoxy groups -OCH3 is 1. The maximum atomic E-state index is 13.6. The van der Waals surface area contributed by atoms with E-state index in [0.717, 1.165) is 5.56 Å². The van der Waals surface area contributed by atoms with Gasteiger partial charge in [-0.3, -0.25) is 21.2 Å². The molecule has 1 atom stereocenters. The number of aromatic nitrogens is 2. The van der Waals surface area contributed by atoms with Crippen LogP contribution >= 0.6 is 0 Å². The lowest BCUT2D eigenvalue weighted by Gasteiger charge is -2.15. The van der Waals surface area contributed by atoms with Crippen LogP contribution in [0.25, 0.3) is 0 Å². The van der Waals surface area contributed by atoms with E-state index in [2.05, 4.69) is 15.4 Å². The number of hydrazine groups is 1. The molecule has 0 aliphatic rings. The third-order valence-electron chi connectivity index (χ3n) is 2.80.